The zero-order valence-corrected chi connectivity index (χ0v) is 24.3. The highest BCUT2D eigenvalue weighted by atomic mass is 32.2. The molecule has 1 N–H and O–H groups in total. The number of hydrogen-bond donors (Lipinski definition) is 1. The van der Waals surface area contributed by atoms with Gasteiger partial charge < -0.3 is 14.6 Å². The maximum atomic E-state index is 14.0. The summed E-state index contributed by atoms with van der Waals surface area (Å²) in [7, 11) is -1.94. The minimum atomic E-state index is -3.81. The Morgan fingerprint density at radius 3 is 2.76 bits per heavy atom. The number of anilines is 1. The van der Waals surface area contributed by atoms with Crippen LogP contribution in [0.3, 0.4) is 0 Å². The number of aliphatic carboxylic acids is 1. The lowest BCUT2D eigenvalue weighted by Crippen LogP contribution is -2.45. The summed E-state index contributed by atoms with van der Waals surface area (Å²) in [6.45, 7) is 5.20. The SMILES string of the molecule is Cc1cc2cc([C@H](CC(=O)O)c3ccc(C)c(CN4C[C@H]5CCCCN5c5ncccc5S4(=O)=O)c3)n(C)c2nn1. The summed E-state index contributed by atoms with van der Waals surface area (Å²) in [6.07, 6.45) is 4.52. The smallest absolute Gasteiger partial charge is 0.304 e. The molecule has 0 amide bonds. The Morgan fingerprint density at radius 1 is 1.12 bits per heavy atom. The Labute approximate surface area is 239 Å². The molecule has 4 aromatic rings. The van der Waals surface area contributed by atoms with Gasteiger partial charge in [0.05, 0.1) is 12.1 Å². The predicted molar refractivity (Wildman–Crippen MR) is 155 cm³/mol. The summed E-state index contributed by atoms with van der Waals surface area (Å²) < 4.78 is 31.5. The van der Waals surface area contributed by atoms with Gasteiger partial charge in [-0.25, -0.2) is 13.4 Å². The lowest BCUT2D eigenvalue weighted by molar-refractivity contribution is -0.137. The summed E-state index contributed by atoms with van der Waals surface area (Å²) >= 11 is 0. The normalized spacial score (nSPS) is 19.4. The number of fused-ring (bicyclic) bond motifs is 4. The second-order valence-electron chi connectivity index (χ2n) is 11.2. The molecule has 11 heteroatoms. The molecule has 0 bridgehead atoms. The van der Waals surface area contributed by atoms with E-state index in [1.54, 1.807) is 22.6 Å². The van der Waals surface area contributed by atoms with Crippen LogP contribution in [0, 0.1) is 13.8 Å². The third-order valence-corrected chi connectivity index (χ3v) is 10.3. The summed E-state index contributed by atoms with van der Waals surface area (Å²) in [5.74, 6) is -0.826. The largest absolute Gasteiger partial charge is 0.481 e. The van der Waals surface area contributed by atoms with Gasteiger partial charge in [0.15, 0.2) is 5.65 Å². The van der Waals surface area contributed by atoms with Crippen molar-refractivity contribution >= 4 is 32.8 Å². The topological polar surface area (TPSA) is 122 Å². The van der Waals surface area contributed by atoms with Gasteiger partial charge in [-0.1, -0.05) is 18.2 Å². The third kappa shape index (κ3) is 4.97. The summed E-state index contributed by atoms with van der Waals surface area (Å²) in [5.41, 5.74) is 4.91. The molecule has 1 fully saturated rings. The first-order valence-corrected chi connectivity index (χ1v) is 15.4. The van der Waals surface area contributed by atoms with Crippen LogP contribution in [-0.2, 0) is 28.4 Å². The molecule has 1 saturated heterocycles. The van der Waals surface area contributed by atoms with E-state index in [2.05, 4.69) is 20.1 Å². The average Bonchev–Trinajstić information content (AvgIpc) is 3.23. The molecule has 1 aromatic carbocycles. The molecule has 2 aliphatic rings. The molecule has 3 aromatic heterocycles. The number of carboxylic acids is 1. The maximum Gasteiger partial charge on any atom is 0.304 e. The third-order valence-electron chi connectivity index (χ3n) is 8.47. The van der Waals surface area contributed by atoms with Crippen LogP contribution in [0.4, 0.5) is 5.82 Å². The van der Waals surface area contributed by atoms with Crippen LogP contribution in [0.25, 0.3) is 11.0 Å². The van der Waals surface area contributed by atoms with E-state index in [-0.39, 0.29) is 23.9 Å². The number of rotatable bonds is 6. The lowest BCUT2D eigenvalue weighted by atomic mass is 9.89. The summed E-state index contributed by atoms with van der Waals surface area (Å²) in [5, 5.41) is 19.3. The van der Waals surface area contributed by atoms with Gasteiger partial charge >= 0.3 is 5.97 Å². The Kier molecular flexibility index (Phi) is 7.03. The van der Waals surface area contributed by atoms with Crippen molar-refractivity contribution in [3.8, 4) is 0 Å². The quantitative estimate of drug-likeness (QED) is 0.365. The Hall–Kier alpha value is -3.83. The maximum absolute atomic E-state index is 14.0. The van der Waals surface area contributed by atoms with Crippen molar-refractivity contribution in [3.05, 3.63) is 76.7 Å². The molecule has 6 rings (SSSR count). The number of pyridine rings is 1. The van der Waals surface area contributed by atoms with Crippen molar-refractivity contribution in [3.63, 3.8) is 0 Å². The van der Waals surface area contributed by atoms with Crippen molar-refractivity contribution in [2.24, 2.45) is 7.05 Å². The monoisotopic (exact) mass is 574 g/mol. The van der Waals surface area contributed by atoms with Crippen LogP contribution < -0.4 is 4.90 Å². The lowest BCUT2D eigenvalue weighted by Gasteiger charge is -2.36. The molecule has 41 heavy (non-hydrogen) atoms. The van der Waals surface area contributed by atoms with Crippen molar-refractivity contribution in [1.82, 2.24) is 24.1 Å². The Bertz CT molecular complexity index is 1750. The van der Waals surface area contributed by atoms with Gasteiger partial charge in [0.25, 0.3) is 0 Å². The highest BCUT2D eigenvalue weighted by Gasteiger charge is 2.39. The average molecular weight is 575 g/mol. The predicted octanol–water partition coefficient (Wildman–Crippen LogP) is 4.15. The molecule has 2 atom stereocenters. The van der Waals surface area contributed by atoms with Crippen LogP contribution in [0.5, 0.6) is 0 Å². The first kappa shape index (κ1) is 27.3. The molecular weight excluding hydrogens is 540 g/mol. The summed E-state index contributed by atoms with van der Waals surface area (Å²) in [6, 6.07) is 13.2. The molecule has 5 heterocycles. The van der Waals surface area contributed by atoms with Gasteiger partial charge in [-0.3, -0.25) is 4.79 Å². The fraction of sp³-hybridized carbons (Fsp3) is 0.400. The molecule has 0 aliphatic carbocycles. The van der Waals surface area contributed by atoms with E-state index in [1.807, 2.05) is 55.8 Å². The number of aromatic nitrogens is 4. The minimum absolute atomic E-state index is 0.0540. The van der Waals surface area contributed by atoms with Crippen molar-refractivity contribution < 1.29 is 18.3 Å². The van der Waals surface area contributed by atoms with Crippen LogP contribution >= 0.6 is 0 Å². The molecule has 2 aliphatic heterocycles. The molecular formula is C30H34N6O4S. The number of aryl methyl sites for hydroxylation is 3. The summed E-state index contributed by atoms with van der Waals surface area (Å²) in [4.78, 5) is 18.9. The van der Waals surface area contributed by atoms with Gasteiger partial charge in [-0.2, -0.15) is 9.40 Å². The number of sulfonamides is 1. The van der Waals surface area contributed by atoms with E-state index in [4.69, 9.17) is 0 Å². The first-order chi connectivity index (χ1) is 19.6. The minimum Gasteiger partial charge on any atom is -0.481 e. The fourth-order valence-electron chi connectivity index (χ4n) is 6.31. The van der Waals surface area contributed by atoms with E-state index < -0.39 is 21.9 Å². The zero-order chi connectivity index (χ0) is 28.9. The van der Waals surface area contributed by atoms with E-state index in [9.17, 15) is 18.3 Å². The second kappa shape index (κ2) is 10.5. The standard InChI is InChI=1S/C30H34N6O4S/c1-19-9-10-21(25(16-28(37)38)26-15-22-13-20(2)32-33-29(22)34(26)3)14-23(19)17-35-18-24-7-4-5-12-36(24)30-27(41(35,39)40)8-6-11-31-30/h6,8-11,13-15,24-25H,4-5,7,12,16-18H2,1-3H3,(H,37,38)/t24-,25-/m1/s1. The number of nitrogens with zero attached hydrogens (tertiary/aromatic N) is 6. The van der Waals surface area contributed by atoms with Crippen LogP contribution in [0.2, 0.25) is 0 Å². The number of piperidine rings is 1. The molecule has 0 unspecified atom stereocenters. The second-order valence-corrected chi connectivity index (χ2v) is 13.1. The first-order valence-electron chi connectivity index (χ1n) is 14.0. The fourth-order valence-corrected chi connectivity index (χ4v) is 7.92. The van der Waals surface area contributed by atoms with Crippen molar-refractivity contribution in [1.29, 1.82) is 0 Å². The van der Waals surface area contributed by atoms with Gasteiger partial charge in [0.2, 0.25) is 10.0 Å². The van der Waals surface area contributed by atoms with Crippen molar-refractivity contribution in [2.45, 2.75) is 62.9 Å². The molecule has 0 spiro atoms. The van der Waals surface area contributed by atoms with Crippen LogP contribution in [-0.4, -0.2) is 62.7 Å². The number of carboxylic acid groups (broad SMARTS) is 1. The Balaban J connectivity index is 1.40. The zero-order valence-electron chi connectivity index (χ0n) is 23.5. The van der Waals surface area contributed by atoms with E-state index in [1.165, 1.54) is 0 Å². The van der Waals surface area contributed by atoms with Crippen LogP contribution in [0.15, 0.2) is 53.6 Å². The Morgan fingerprint density at radius 2 is 1.95 bits per heavy atom. The van der Waals surface area contributed by atoms with E-state index in [0.717, 1.165) is 59.3 Å². The van der Waals surface area contributed by atoms with E-state index >= 15 is 0 Å². The number of carbonyl (C=O) groups is 1. The van der Waals surface area contributed by atoms with Gasteiger partial charge in [-0.15, -0.1) is 5.10 Å². The highest BCUT2D eigenvalue weighted by molar-refractivity contribution is 7.89. The number of benzene rings is 1. The van der Waals surface area contributed by atoms with Gasteiger partial charge in [-0.05, 0) is 74.1 Å². The van der Waals surface area contributed by atoms with Crippen molar-refractivity contribution in [2.75, 3.05) is 18.0 Å². The highest BCUT2D eigenvalue weighted by Crippen LogP contribution is 2.37. The molecule has 0 saturated carbocycles. The van der Waals surface area contributed by atoms with Gasteiger partial charge in [0, 0.05) is 55.9 Å². The van der Waals surface area contributed by atoms with Gasteiger partial charge in [0.1, 0.15) is 10.7 Å². The van der Waals surface area contributed by atoms with Crippen LogP contribution in [0.1, 0.15) is 59.7 Å². The number of hydrogen-bond acceptors (Lipinski definition) is 7. The molecule has 10 nitrogen and oxygen atoms in total. The molecule has 0 radical (unpaired) electrons. The molecule has 214 valence electrons. The van der Waals surface area contributed by atoms with E-state index in [0.29, 0.717) is 18.0 Å².